The van der Waals surface area contributed by atoms with E-state index in [4.69, 9.17) is 0 Å². The Hall–Kier alpha value is -1.36. The molecule has 1 aliphatic carbocycles. The number of nitrogens with zero attached hydrogens (tertiary/aromatic N) is 3. The zero-order valence-electron chi connectivity index (χ0n) is 11.2. The first-order valence-corrected chi connectivity index (χ1v) is 6.72. The van der Waals surface area contributed by atoms with Crippen LogP contribution >= 0.6 is 0 Å². The fourth-order valence-corrected chi connectivity index (χ4v) is 1.81. The molecular formula is C13H22N4O. The third kappa shape index (κ3) is 3.57. The van der Waals surface area contributed by atoms with Gasteiger partial charge in [0.2, 0.25) is 0 Å². The number of aryl methyl sites for hydroxylation is 1. The van der Waals surface area contributed by atoms with Crippen molar-refractivity contribution < 1.29 is 0 Å². The van der Waals surface area contributed by atoms with Crippen LogP contribution in [0.1, 0.15) is 26.2 Å². The highest BCUT2D eigenvalue weighted by molar-refractivity contribution is 5.41. The summed E-state index contributed by atoms with van der Waals surface area (Å²) in [7, 11) is 1.96. The van der Waals surface area contributed by atoms with Crippen molar-refractivity contribution in [3.05, 3.63) is 22.6 Å². The highest BCUT2D eigenvalue weighted by atomic mass is 16.1. The third-order valence-electron chi connectivity index (χ3n) is 3.33. The van der Waals surface area contributed by atoms with E-state index in [-0.39, 0.29) is 5.56 Å². The third-order valence-corrected chi connectivity index (χ3v) is 3.33. The predicted octanol–water partition coefficient (Wildman–Crippen LogP) is 0.841. The Kier molecular flexibility index (Phi) is 4.36. The Morgan fingerprint density at radius 3 is 2.94 bits per heavy atom. The van der Waals surface area contributed by atoms with Crippen molar-refractivity contribution in [3.63, 3.8) is 0 Å². The van der Waals surface area contributed by atoms with Crippen molar-refractivity contribution in [1.29, 1.82) is 0 Å². The van der Waals surface area contributed by atoms with Gasteiger partial charge in [0.05, 0.1) is 11.9 Å². The summed E-state index contributed by atoms with van der Waals surface area (Å²) in [6.45, 7) is 4.58. The van der Waals surface area contributed by atoms with Gasteiger partial charge in [0.25, 0.3) is 5.56 Å². The lowest BCUT2D eigenvalue weighted by molar-refractivity contribution is 0.521. The molecule has 1 aromatic rings. The number of anilines is 1. The zero-order valence-corrected chi connectivity index (χ0v) is 11.2. The lowest BCUT2D eigenvalue weighted by Crippen LogP contribution is -2.27. The molecule has 1 aromatic heterocycles. The van der Waals surface area contributed by atoms with E-state index in [1.54, 1.807) is 16.9 Å². The lowest BCUT2D eigenvalue weighted by Gasteiger charge is -2.16. The molecule has 1 fully saturated rings. The smallest absolute Gasteiger partial charge is 0.268 e. The lowest BCUT2D eigenvalue weighted by atomic mass is 10.4. The van der Waals surface area contributed by atoms with E-state index in [1.165, 1.54) is 12.8 Å². The Labute approximate surface area is 108 Å². The SMILES string of the molecule is CCN(C)c1cnn(CCCNC2CC2)c(=O)c1. The number of rotatable bonds is 7. The molecule has 1 aliphatic rings. The largest absolute Gasteiger partial charge is 0.373 e. The molecule has 1 saturated carbocycles. The van der Waals surface area contributed by atoms with E-state index >= 15 is 0 Å². The summed E-state index contributed by atoms with van der Waals surface area (Å²) < 4.78 is 1.54. The maximum atomic E-state index is 11.9. The summed E-state index contributed by atoms with van der Waals surface area (Å²) in [5.74, 6) is 0. The standard InChI is InChI=1S/C13H22N4O/c1-3-16(2)12-9-13(18)17(15-10-12)8-4-7-14-11-5-6-11/h9-11,14H,3-8H2,1-2H3. The highest BCUT2D eigenvalue weighted by Gasteiger charge is 2.19. The van der Waals surface area contributed by atoms with Gasteiger partial charge in [-0.05, 0) is 32.7 Å². The number of hydrogen-bond acceptors (Lipinski definition) is 4. The summed E-state index contributed by atoms with van der Waals surface area (Å²) in [6, 6.07) is 2.39. The monoisotopic (exact) mass is 250 g/mol. The number of aromatic nitrogens is 2. The van der Waals surface area contributed by atoms with Gasteiger partial charge in [-0.15, -0.1) is 0 Å². The normalized spacial score (nSPS) is 14.8. The molecule has 0 aromatic carbocycles. The Morgan fingerprint density at radius 1 is 1.56 bits per heavy atom. The minimum absolute atomic E-state index is 0.0146. The van der Waals surface area contributed by atoms with E-state index < -0.39 is 0 Å². The Bertz CT molecular complexity index is 439. The van der Waals surface area contributed by atoms with Crippen molar-refractivity contribution >= 4 is 5.69 Å². The van der Waals surface area contributed by atoms with Gasteiger partial charge in [-0.1, -0.05) is 0 Å². The first-order valence-electron chi connectivity index (χ1n) is 6.72. The van der Waals surface area contributed by atoms with Crippen LogP contribution < -0.4 is 15.8 Å². The molecular weight excluding hydrogens is 228 g/mol. The Balaban J connectivity index is 1.86. The second-order valence-corrected chi connectivity index (χ2v) is 4.87. The number of hydrogen-bond donors (Lipinski definition) is 1. The molecule has 0 aliphatic heterocycles. The first kappa shape index (κ1) is 13.1. The Morgan fingerprint density at radius 2 is 2.33 bits per heavy atom. The molecule has 1 N–H and O–H groups in total. The molecule has 5 nitrogen and oxygen atoms in total. The molecule has 0 bridgehead atoms. The maximum absolute atomic E-state index is 11.9. The van der Waals surface area contributed by atoms with Crippen LogP contribution in [0.3, 0.4) is 0 Å². The quantitative estimate of drug-likeness (QED) is 0.729. The molecule has 0 saturated heterocycles. The zero-order chi connectivity index (χ0) is 13.0. The van der Waals surface area contributed by atoms with Gasteiger partial charge in [0.1, 0.15) is 0 Å². The van der Waals surface area contributed by atoms with Crippen molar-refractivity contribution in [3.8, 4) is 0 Å². The molecule has 0 spiro atoms. The van der Waals surface area contributed by atoms with Crippen molar-refractivity contribution in [1.82, 2.24) is 15.1 Å². The minimum atomic E-state index is -0.0146. The van der Waals surface area contributed by atoms with E-state index in [0.717, 1.165) is 31.2 Å². The van der Waals surface area contributed by atoms with Crippen LogP contribution in [0.25, 0.3) is 0 Å². The van der Waals surface area contributed by atoms with Gasteiger partial charge in [0.15, 0.2) is 0 Å². The van der Waals surface area contributed by atoms with Gasteiger partial charge in [-0.2, -0.15) is 5.10 Å². The van der Waals surface area contributed by atoms with Crippen molar-refractivity contribution in [2.75, 3.05) is 25.0 Å². The average molecular weight is 250 g/mol. The number of nitrogens with one attached hydrogen (secondary N) is 1. The molecule has 0 atom stereocenters. The fraction of sp³-hybridized carbons (Fsp3) is 0.692. The van der Waals surface area contributed by atoms with Crippen LogP contribution in [0.15, 0.2) is 17.1 Å². The maximum Gasteiger partial charge on any atom is 0.268 e. The molecule has 0 amide bonds. The van der Waals surface area contributed by atoms with E-state index in [1.807, 2.05) is 11.9 Å². The molecule has 0 unspecified atom stereocenters. The van der Waals surface area contributed by atoms with Gasteiger partial charge >= 0.3 is 0 Å². The fourth-order valence-electron chi connectivity index (χ4n) is 1.81. The molecule has 2 rings (SSSR count). The molecule has 0 radical (unpaired) electrons. The van der Waals surface area contributed by atoms with Crippen LogP contribution in [0, 0.1) is 0 Å². The first-order chi connectivity index (χ1) is 8.70. The van der Waals surface area contributed by atoms with Gasteiger partial charge < -0.3 is 10.2 Å². The van der Waals surface area contributed by atoms with Crippen molar-refractivity contribution in [2.45, 2.75) is 38.8 Å². The van der Waals surface area contributed by atoms with Crippen LogP contribution in [-0.4, -0.2) is 36.0 Å². The summed E-state index contributed by atoms with van der Waals surface area (Å²) in [5.41, 5.74) is 0.870. The second-order valence-electron chi connectivity index (χ2n) is 4.87. The molecule has 100 valence electrons. The van der Waals surface area contributed by atoms with E-state index in [9.17, 15) is 4.79 Å². The highest BCUT2D eigenvalue weighted by Crippen LogP contribution is 2.18. The summed E-state index contributed by atoms with van der Waals surface area (Å²) in [6.07, 6.45) is 5.32. The molecule has 18 heavy (non-hydrogen) atoms. The van der Waals surface area contributed by atoms with Crippen LogP contribution in [0.5, 0.6) is 0 Å². The summed E-state index contributed by atoms with van der Waals surface area (Å²) >= 11 is 0. The van der Waals surface area contributed by atoms with Gasteiger partial charge in [-0.25, -0.2) is 4.68 Å². The molecule has 1 heterocycles. The second kappa shape index (κ2) is 6.00. The molecule has 5 heteroatoms. The van der Waals surface area contributed by atoms with E-state index in [2.05, 4.69) is 17.3 Å². The van der Waals surface area contributed by atoms with Crippen LogP contribution in [-0.2, 0) is 6.54 Å². The topological polar surface area (TPSA) is 50.2 Å². The predicted molar refractivity (Wildman–Crippen MR) is 73.1 cm³/mol. The minimum Gasteiger partial charge on any atom is -0.373 e. The van der Waals surface area contributed by atoms with Crippen LogP contribution in [0.4, 0.5) is 5.69 Å². The van der Waals surface area contributed by atoms with Crippen molar-refractivity contribution in [2.24, 2.45) is 0 Å². The summed E-state index contributed by atoms with van der Waals surface area (Å²) in [5, 5.41) is 7.65. The average Bonchev–Trinajstić information content (AvgIpc) is 3.19. The van der Waals surface area contributed by atoms with Gasteiger partial charge in [-0.3, -0.25) is 4.79 Å². The van der Waals surface area contributed by atoms with Crippen LogP contribution in [0.2, 0.25) is 0 Å². The summed E-state index contributed by atoms with van der Waals surface area (Å²) in [4.78, 5) is 13.9. The van der Waals surface area contributed by atoms with Gasteiger partial charge in [0, 0.05) is 32.2 Å². The van der Waals surface area contributed by atoms with E-state index in [0.29, 0.717) is 6.54 Å².